The zero-order valence-electron chi connectivity index (χ0n) is 33.5. The van der Waals surface area contributed by atoms with Crippen molar-refractivity contribution in [3.05, 3.63) is 27.3 Å². The molecule has 1 rings (SSSR count). The van der Waals surface area contributed by atoms with Crippen molar-refractivity contribution >= 4 is 41.0 Å². The van der Waals surface area contributed by atoms with Crippen molar-refractivity contribution in [1.29, 1.82) is 5.26 Å². The molecule has 0 bridgehead atoms. The minimum absolute atomic E-state index is 0.0424. The SMILES string of the molecule is CC(C)(C)C=O.CCCCC(CC)CN(CC(CC)CCCC)c1nc(C(C)(C)C)c(/C=C(C(=O)N(C)N(C)CC)/C(C)=C(/C#N)C=O)s1. The molecule has 0 aliphatic rings. The average Bonchev–Trinajstić information content (AvgIpc) is 3.50. The molecule has 0 aliphatic carbocycles. The first-order valence-electron chi connectivity index (χ1n) is 18.4. The van der Waals surface area contributed by atoms with Gasteiger partial charge in [-0.25, -0.2) is 9.99 Å². The quantitative estimate of drug-likeness (QED) is 0.0466. The third-order valence-corrected chi connectivity index (χ3v) is 9.90. The highest BCUT2D eigenvalue weighted by Gasteiger charge is 2.29. The summed E-state index contributed by atoms with van der Waals surface area (Å²) < 4.78 is 0. The number of carbonyl (C=O) groups excluding carboxylic acids is 3. The molecule has 1 aromatic rings. The predicted octanol–water partition coefficient (Wildman–Crippen LogP) is 9.66. The van der Waals surface area contributed by atoms with Gasteiger partial charge in [0, 0.05) is 50.1 Å². The molecular formula is C40H69N5O3S. The smallest absolute Gasteiger partial charge is 0.268 e. The fourth-order valence-electron chi connectivity index (χ4n) is 5.13. The number of anilines is 1. The number of hydrogen-bond acceptors (Lipinski definition) is 8. The van der Waals surface area contributed by atoms with Gasteiger partial charge in [0.15, 0.2) is 11.4 Å². The normalized spacial score (nSPS) is 13.9. The van der Waals surface area contributed by atoms with Crippen molar-refractivity contribution in [2.45, 2.75) is 140 Å². The van der Waals surface area contributed by atoms with E-state index in [1.807, 2.05) is 51.9 Å². The van der Waals surface area contributed by atoms with Crippen molar-refractivity contribution in [3.8, 4) is 6.07 Å². The Morgan fingerprint density at radius 2 is 1.41 bits per heavy atom. The van der Waals surface area contributed by atoms with Crippen LogP contribution in [0.15, 0.2) is 16.7 Å². The Morgan fingerprint density at radius 3 is 1.76 bits per heavy atom. The highest BCUT2D eigenvalue weighted by atomic mass is 32.1. The van der Waals surface area contributed by atoms with E-state index in [2.05, 4.69) is 53.4 Å². The van der Waals surface area contributed by atoms with Crippen molar-refractivity contribution < 1.29 is 14.4 Å². The standard InChI is InChI=1S/C35H59N5O2S.C5H10O/c1-12-17-19-27(14-3)23-40(24-28(15-4)20-18-13-2)34-37-32(35(7,8)9)31(43-34)21-30(26(6)29(22-36)25-41)33(42)39(11)38(10)16-5;1-5(2,3)4-6/h21,25,27-28H,12-20,23-24H2,1-11H3;4H,1-3H3/b29-26-,30-21-;. The Balaban J connectivity index is 0.00000350. The number of nitriles is 1. The van der Waals surface area contributed by atoms with Gasteiger partial charge in [-0.1, -0.05) is 126 Å². The van der Waals surface area contributed by atoms with Gasteiger partial charge in [0.05, 0.1) is 16.1 Å². The summed E-state index contributed by atoms with van der Waals surface area (Å²) in [6.07, 6.45) is 12.9. The van der Waals surface area contributed by atoms with Crippen molar-refractivity contribution in [1.82, 2.24) is 15.0 Å². The van der Waals surface area contributed by atoms with Crippen LogP contribution in [0.3, 0.4) is 0 Å². The summed E-state index contributed by atoms with van der Waals surface area (Å²) in [4.78, 5) is 44.1. The minimum atomic E-state index is -0.272. The lowest BCUT2D eigenvalue weighted by molar-refractivity contribution is -0.138. The Kier molecular flexibility index (Phi) is 21.5. The summed E-state index contributed by atoms with van der Waals surface area (Å²) in [5, 5.41) is 14.0. The number of rotatable bonds is 19. The summed E-state index contributed by atoms with van der Waals surface area (Å²) >= 11 is 1.62. The summed E-state index contributed by atoms with van der Waals surface area (Å²) in [7, 11) is 3.56. The molecule has 1 aromatic heterocycles. The first-order chi connectivity index (χ1) is 22.9. The van der Waals surface area contributed by atoms with E-state index in [9.17, 15) is 19.6 Å². The second kappa shape index (κ2) is 22.8. The second-order valence-corrected chi connectivity index (χ2v) is 16.3. The fraction of sp³-hybridized carbons (Fsp3) is 0.725. The average molecular weight is 700 g/mol. The van der Waals surface area contributed by atoms with Crippen LogP contribution in [-0.2, 0) is 19.8 Å². The monoisotopic (exact) mass is 700 g/mol. The number of nitrogens with zero attached hydrogens (tertiary/aromatic N) is 5. The van der Waals surface area contributed by atoms with Gasteiger partial charge in [-0.3, -0.25) is 14.6 Å². The summed E-state index contributed by atoms with van der Waals surface area (Å²) in [6.45, 7) is 27.4. The summed E-state index contributed by atoms with van der Waals surface area (Å²) in [5.41, 5.74) is 1.18. The lowest BCUT2D eigenvalue weighted by atomic mass is 9.90. The molecule has 1 amide bonds. The van der Waals surface area contributed by atoms with E-state index in [-0.39, 0.29) is 22.3 Å². The van der Waals surface area contributed by atoms with Crippen LogP contribution in [0.1, 0.15) is 145 Å². The molecule has 2 atom stereocenters. The highest BCUT2D eigenvalue weighted by molar-refractivity contribution is 7.16. The molecule has 0 N–H and O–H groups in total. The zero-order valence-corrected chi connectivity index (χ0v) is 34.4. The van der Waals surface area contributed by atoms with Crippen molar-refractivity contribution in [3.63, 3.8) is 0 Å². The first kappa shape index (κ1) is 46.2. The number of hydrazine groups is 1. The van der Waals surface area contributed by atoms with E-state index in [0.717, 1.165) is 47.9 Å². The van der Waals surface area contributed by atoms with Gasteiger partial charge < -0.3 is 9.69 Å². The fourth-order valence-corrected chi connectivity index (χ4v) is 6.36. The number of thiazole rings is 1. The van der Waals surface area contributed by atoms with Gasteiger partial charge in [0.2, 0.25) is 0 Å². The number of amides is 1. The van der Waals surface area contributed by atoms with Gasteiger partial charge in [-0.05, 0) is 43.3 Å². The molecule has 0 aliphatic heterocycles. The Labute approximate surface area is 304 Å². The number of aromatic nitrogens is 1. The molecule has 0 saturated carbocycles. The number of unbranched alkanes of at least 4 members (excludes halogenated alkanes) is 2. The van der Waals surface area contributed by atoms with Gasteiger partial charge in [0.25, 0.3) is 5.91 Å². The molecule has 0 aromatic carbocycles. The topological polar surface area (TPSA) is 97.6 Å². The largest absolute Gasteiger partial charge is 0.348 e. The van der Waals surface area contributed by atoms with Crippen LogP contribution >= 0.6 is 11.3 Å². The van der Waals surface area contributed by atoms with Crippen LogP contribution in [-0.4, -0.2) is 67.2 Å². The lowest BCUT2D eigenvalue weighted by Crippen LogP contribution is -2.42. The van der Waals surface area contributed by atoms with Crippen LogP contribution in [0.5, 0.6) is 0 Å². The first-order valence-corrected chi connectivity index (χ1v) is 19.2. The molecule has 0 spiro atoms. The maximum Gasteiger partial charge on any atom is 0.268 e. The zero-order chi connectivity index (χ0) is 37.9. The van der Waals surface area contributed by atoms with E-state index < -0.39 is 0 Å². The van der Waals surface area contributed by atoms with Crippen molar-refractivity contribution in [2.75, 3.05) is 38.6 Å². The van der Waals surface area contributed by atoms with Crippen molar-refractivity contribution in [2.24, 2.45) is 17.3 Å². The molecule has 49 heavy (non-hydrogen) atoms. The third kappa shape index (κ3) is 16.2. The van der Waals surface area contributed by atoms with Gasteiger partial charge in [-0.2, -0.15) is 5.26 Å². The molecule has 0 saturated heterocycles. The molecular weight excluding hydrogens is 631 g/mol. The third-order valence-electron chi connectivity index (χ3n) is 8.84. The molecule has 0 fully saturated rings. The summed E-state index contributed by atoms with van der Waals surface area (Å²) in [6, 6.07) is 1.98. The number of carbonyl (C=O) groups is 3. The minimum Gasteiger partial charge on any atom is -0.348 e. The van der Waals surface area contributed by atoms with Gasteiger partial charge >= 0.3 is 0 Å². The molecule has 8 nitrogen and oxygen atoms in total. The van der Waals surface area contributed by atoms with Crippen LogP contribution in [0.25, 0.3) is 6.08 Å². The van der Waals surface area contributed by atoms with E-state index in [1.54, 1.807) is 30.3 Å². The van der Waals surface area contributed by atoms with Gasteiger partial charge in [0.1, 0.15) is 12.4 Å². The van der Waals surface area contributed by atoms with E-state index in [1.165, 1.54) is 38.5 Å². The molecule has 278 valence electrons. The lowest BCUT2D eigenvalue weighted by Gasteiger charge is -2.30. The van der Waals surface area contributed by atoms with E-state index >= 15 is 0 Å². The highest BCUT2D eigenvalue weighted by Crippen LogP contribution is 2.38. The number of hydrogen-bond donors (Lipinski definition) is 0. The molecule has 1 heterocycles. The van der Waals surface area contributed by atoms with E-state index in [4.69, 9.17) is 4.98 Å². The molecule has 9 heteroatoms. The van der Waals surface area contributed by atoms with Gasteiger partial charge in [-0.15, -0.1) is 0 Å². The van der Waals surface area contributed by atoms with Crippen LogP contribution in [0.2, 0.25) is 0 Å². The van der Waals surface area contributed by atoms with Crippen LogP contribution in [0, 0.1) is 28.6 Å². The molecule has 0 radical (unpaired) electrons. The summed E-state index contributed by atoms with van der Waals surface area (Å²) in [5.74, 6) is 0.922. The Bertz CT molecular complexity index is 1240. The predicted molar refractivity (Wildman–Crippen MR) is 209 cm³/mol. The second-order valence-electron chi connectivity index (χ2n) is 15.3. The Morgan fingerprint density at radius 1 is 0.918 bits per heavy atom. The van der Waals surface area contributed by atoms with Crippen LogP contribution < -0.4 is 4.90 Å². The molecule has 2 unspecified atom stereocenters. The maximum absolute atomic E-state index is 13.8. The van der Waals surface area contributed by atoms with E-state index in [0.29, 0.717) is 35.8 Å². The number of aldehydes is 2. The van der Waals surface area contributed by atoms with Crippen LogP contribution in [0.4, 0.5) is 5.13 Å². The maximum atomic E-state index is 13.8. The Hall–Kier alpha value is -2.83. The number of likely N-dealkylation sites (N-methyl/N-ethyl adjacent to an activating group) is 1. The number of allylic oxidation sites excluding steroid dienone is 1.